The second kappa shape index (κ2) is 15.7. The number of thiazole rings is 1. The van der Waals surface area contributed by atoms with E-state index in [1.807, 2.05) is 53.0 Å². The van der Waals surface area contributed by atoms with Crippen molar-refractivity contribution in [3.63, 3.8) is 0 Å². The molecule has 232 valence electrons. The average molecular weight is 606 g/mol. The van der Waals surface area contributed by atoms with Gasteiger partial charge in [0.25, 0.3) is 0 Å². The Morgan fingerprint density at radius 3 is 2.39 bits per heavy atom. The van der Waals surface area contributed by atoms with Gasteiger partial charge in [-0.3, -0.25) is 9.59 Å². The number of hydrogen-bond donors (Lipinski definition) is 1. The molecule has 1 aromatic heterocycles. The highest BCUT2D eigenvalue weighted by molar-refractivity contribution is 7.09. The van der Waals surface area contributed by atoms with E-state index < -0.39 is 38.0 Å². The molecule has 0 bridgehead atoms. The number of aromatic nitrogens is 1. The molecule has 6 nitrogen and oxygen atoms in total. The summed E-state index contributed by atoms with van der Waals surface area (Å²) in [5, 5.41) is 14.2. The normalized spacial score (nSPS) is 29.1. The summed E-state index contributed by atoms with van der Waals surface area (Å²) >= 11 is 1.59. The molecule has 0 radical (unpaired) electrons. The van der Waals surface area contributed by atoms with Crippen molar-refractivity contribution in [2.75, 3.05) is 0 Å². The molecule has 0 aromatic carbocycles. The van der Waals surface area contributed by atoms with E-state index >= 15 is 0 Å². The number of rotatable bonds is 7. The fourth-order valence-electron chi connectivity index (χ4n) is 5.88. The summed E-state index contributed by atoms with van der Waals surface area (Å²) in [6, 6.07) is 2.73. The number of ether oxygens (including phenoxy) is 1. The second-order valence-corrected chi connectivity index (χ2v) is 18.5. The summed E-state index contributed by atoms with van der Waals surface area (Å²) < 4.78 is 13.1. The molecule has 0 aliphatic carbocycles. The van der Waals surface area contributed by atoms with Crippen molar-refractivity contribution in [1.82, 2.24) is 4.98 Å². The molecule has 0 saturated heterocycles. The van der Waals surface area contributed by atoms with Crippen LogP contribution in [-0.4, -0.2) is 48.5 Å². The van der Waals surface area contributed by atoms with Gasteiger partial charge in [-0.25, -0.2) is 4.98 Å². The van der Waals surface area contributed by atoms with Gasteiger partial charge in [0.05, 0.1) is 29.3 Å². The van der Waals surface area contributed by atoms with Crippen LogP contribution in [0.15, 0.2) is 22.6 Å². The molecule has 0 unspecified atom stereocenters. The first-order valence-corrected chi connectivity index (χ1v) is 19.0. The lowest BCUT2D eigenvalue weighted by Gasteiger charge is -2.42. The zero-order valence-corrected chi connectivity index (χ0v) is 29.0. The predicted molar refractivity (Wildman–Crippen MR) is 172 cm³/mol. The molecule has 0 amide bonds. The van der Waals surface area contributed by atoms with Gasteiger partial charge in [0.1, 0.15) is 11.9 Å². The van der Waals surface area contributed by atoms with E-state index in [9.17, 15) is 14.7 Å². The second-order valence-electron chi connectivity index (χ2n) is 12.7. The fourth-order valence-corrected chi connectivity index (χ4v) is 9.43. The average Bonchev–Trinajstić information content (AvgIpc) is 3.35. The number of cyclic esters (lactones) is 1. The zero-order chi connectivity index (χ0) is 31.0. The quantitative estimate of drug-likeness (QED) is 0.191. The van der Waals surface area contributed by atoms with E-state index in [-0.39, 0.29) is 24.1 Å². The highest BCUT2D eigenvalue weighted by atomic mass is 32.1. The first-order chi connectivity index (χ1) is 19.2. The molecular weight excluding hydrogens is 551 g/mol. The smallest absolute Gasteiger partial charge is 0.309 e. The highest BCUT2D eigenvalue weighted by Gasteiger charge is 2.46. The molecule has 2 heterocycles. The van der Waals surface area contributed by atoms with Gasteiger partial charge in [0.2, 0.25) is 0 Å². The molecule has 8 heteroatoms. The van der Waals surface area contributed by atoms with Gasteiger partial charge in [-0.05, 0) is 75.7 Å². The maximum absolute atomic E-state index is 14.0. The molecule has 5 atom stereocenters. The molecule has 41 heavy (non-hydrogen) atoms. The minimum absolute atomic E-state index is 0.00581. The standard InChI is InChI=1S/C33H55NO5SSi/c1-11-41(12-2,13-3)39-29-20-30(35)38-28(24(6)19-27-21-40-26(8)34-27)18-17-22(4)15-14-16-23(5)31(36)25(7)32(37)33(29,9)10/h17,19,21,23,25,28-29,31,36H,11-16,18,20H2,1-10H3/b22-17-,24-19+/t23-,25+,28-,29-,31-/m0/s1. The lowest BCUT2D eigenvalue weighted by Crippen LogP contribution is -2.51. The Labute approximate surface area is 254 Å². The maximum atomic E-state index is 14.0. The molecule has 0 saturated carbocycles. The molecule has 0 fully saturated rings. The maximum Gasteiger partial charge on any atom is 0.309 e. The summed E-state index contributed by atoms with van der Waals surface area (Å²) in [4.78, 5) is 32.3. The number of aliphatic hydroxyl groups is 1. The van der Waals surface area contributed by atoms with Gasteiger partial charge >= 0.3 is 5.97 Å². The van der Waals surface area contributed by atoms with Gasteiger partial charge in [0, 0.05) is 23.1 Å². The summed E-state index contributed by atoms with van der Waals surface area (Å²) in [6.07, 6.45) is 5.58. The third-order valence-electron chi connectivity index (χ3n) is 9.33. The van der Waals surface area contributed by atoms with Gasteiger partial charge in [0.15, 0.2) is 8.32 Å². The van der Waals surface area contributed by atoms with Crippen LogP contribution in [0.2, 0.25) is 18.1 Å². The SMILES string of the molecule is CC[Si](CC)(CC)O[C@H]1CC(=O)O[C@H](/C(C)=C/c2csc(C)n2)C/C=C(/C)CCC[C@H](C)[C@H](O)[C@@H](C)C(=O)C1(C)C. The number of hydrogen-bond acceptors (Lipinski definition) is 7. The Morgan fingerprint density at radius 2 is 1.83 bits per heavy atom. The molecule has 1 aromatic rings. The molecular formula is C33H55NO5SSi. The monoisotopic (exact) mass is 605 g/mol. The molecule has 1 aliphatic heterocycles. The Hall–Kier alpha value is -1.61. The van der Waals surface area contributed by atoms with Gasteiger partial charge in [-0.2, -0.15) is 0 Å². The van der Waals surface area contributed by atoms with Crippen molar-refractivity contribution in [2.45, 2.75) is 138 Å². The van der Waals surface area contributed by atoms with Crippen molar-refractivity contribution in [3.05, 3.63) is 33.3 Å². The number of allylic oxidation sites excluding steroid dienone is 1. The Morgan fingerprint density at radius 1 is 1.20 bits per heavy atom. The molecule has 2 rings (SSSR count). The topological polar surface area (TPSA) is 85.7 Å². The van der Waals surface area contributed by atoms with Crippen molar-refractivity contribution >= 4 is 37.5 Å². The van der Waals surface area contributed by atoms with Crippen LogP contribution in [0.25, 0.3) is 6.08 Å². The number of esters is 1. The number of aliphatic hydroxyl groups excluding tert-OH is 1. The van der Waals surface area contributed by atoms with Crippen molar-refractivity contribution in [3.8, 4) is 0 Å². The van der Waals surface area contributed by atoms with Crippen LogP contribution in [0.4, 0.5) is 0 Å². The molecule has 0 spiro atoms. The number of ketones is 1. The lowest BCUT2D eigenvalue weighted by atomic mass is 9.73. The number of aryl methyl sites for hydroxylation is 1. The molecule has 1 aliphatic rings. The van der Waals surface area contributed by atoms with E-state index in [0.29, 0.717) is 6.42 Å². The number of nitrogens with zero attached hydrogens (tertiary/aromatic N) is 1. The summed E-state index contributed by atoms with van der Waals surface area (Å²) in [6.45, 7) is 20.1. The lowest BCUT2D eigenvalue weighted by molar-refractivity contribution is -0.153. The van der Waals surface area contributed by atoms with Gasteiger partial charge < -0.3 is 14.3 Å². The van der Waals surface area contributed by atoms with Crippen molar-refractivity contribution in [1.29, 1.82) is 0 Å². The van der Waals surface area contributed by atoms with E-state index in [1.54, 1.807) is 11.3 Å². The first-order valence-electron chi connectivity index (χ1n) is 15.5. The highest BCUT2D eigenvalue weighted by Crippen LogP contribution is 2.37. The van der Waals surface area contributed by atoms with Crippen molar-refractivity contribution in [2.24, 2.45) is 17.3 Å². The van der Waals surface area contributed by atoms with Crippen LogP contribution < -0.4 is 0 Å². The largest absolute Gasteiger partial charge is 0.457 e. The molecule has 1 N–H and O–H groups in total. The Bertz CT molecular complexity index is 1070. The van der Waals surface area contributed by atoms with Crippen LogP contribution in [0, 0.1) is 24.2 Å². The number of carbonyl (C=O) groups is 2. The van der Waals surface area contributed by atoms with E-state index in [2.05, 4.69) is 38.8 Å². The third kappa shape index (κ3) is 9.70. The fraction of sp³-hybridized carbons (Fsp3) is 0.727. The minimum Gasteiger partial charge on any atom is -0.457 e. The van der Waals surface area contributed by atoms with Crippen molar-refractivity contribution < 1.29 is 23.9 Å². The van der Waals surface area contributed by atoms with Crippen LogP contribution in [0.1, 0.15) is 105 Å². The van der Waals surface area contributed by atoms with E-state index in [0.717, 1.165) is 53.7 Å². The number of Topliss-reactive ketones (excluding diaryl/α,β-unsaturated/α-hetero) is 1. The predicted octanol–water partition coefficient (Wildman–Crippen LogP) is 8.30. The van der Waals surface area contributed by atoms with E-state index in [1.165, 1.54) is 5.57 Å². The van der Waals surface area contributed by atoms with Crippen LogP contribution in [0.5, 0.6) is 0 Å². The summed E-state index contributed by atoms with van der Waals surface area (Å²) in [5.74, 6) is -0.999. The van der Waals surface area contributed by atoms with Crippen LogP contribution in [-0.2, 0) is 18.8 Å². The van der Waals surface area contributed by atoms with Gasteiger partial charge in [-0.15, -0.1) is 11.3 Å². The third-order valence-corrected chi connectivity index (χ3v) is 14.8. The summed E-state index contributed by atoms with van der Waals surface area (Å²) in [7, 11) is -2.18. The zero-order valence-electron chi connectivity index (χ0n) is 27.2. The van der Waals surface area contributed by atoms with Gasteiger partial charge in [-0.1, -0.05) is 60.1 Å². The summed E-state index contributed by atoms with van der Waals surface area (Å²) in [5.41, 5.74) is 2.07. The van der Waals surface area contributed by atoms with E-state index in [4.69, 9.17) is 9.16 Å². The van der Waals surface area contributed by atoms with Crippen LogP contribution in [0.3, 0.4) is 0 Å². The minimum atomic E-state index is -2.18. The Balaban J connectivity index is 2.53. The Kier molecular flexibility index (Phi) is 13.7. The van der Waals surface area contributed by atoms with Crippen LogP contribution >= 0.6 is 11.3 Å². The first kappa shape index (κ1) is 35.6. The number of carbonyl (C=O) groups excluding carboxylic acids is 2.